The molecule has 0 radical (unpaired) electrons. The van der Waals surface area contributed by atoms with Gasteiger partial charge in [-0.15, -0.1) is 0 Å². The number of H-pyrrole nitrogens is 1. The molecule has 1 aromatic carbocycles. The Morgan fingerprint density at radius 3 is 2.59 bits per heavy atom. The number of nitrogens with one attached hydrogen (secondary N) is 1. The predicted molar refractivity (Wildman–Crippen MR) is 111 cm³/mol. The van der Waals surface area contributed by atoms with Gasteiger partial charge in [-0.3, -0.25) is 9.89 Å². The Hall–Kier alpha value is -2.89. The van der Waals surface area contributed by atoms with Gasteiger partial charge in [-0.2, -0.15) is 4.52 Å². The second-order valence-corrected chi connectivity index (χ2v) is 7.36. The molecule has 0 spiro atoms. The highest BCUT2D eigenvalue weighted by Gasteiger charge is 2.16. The number of rotatable bonds is 4. The lowest BCUT2D eigenvalue weighted by Gasteiger charge is -2.13. The summed E-state index contributed by atoms with van der Waals surface area (Å²) in [6, 6.07) is 6.10. The van der Waals surface area contributed by atoms with E-state index in [1.54, 1.807) is 0 Å². The summed E-state index contributed by atoms with van der Waals surface area (Å²) in [7, 11) is 4.02. The molecule has 0 saturated carbocycles. The van der Waals surface area contributed by atoms with Crippen LogP contribution in [0.4, 0.5) is 11.4 Å². The van der Waals surface area contributed by atoms with Crippen molar-refractivity contribution in [3.63, 3.8) is 0 Å². The van der Waals surface area contributed by atoms with Gasteiger partial charge in [-0.25, -0.2) is 9.98 Å². The first-order chi connectivity index (χ1) is 12.7. The molecule has 0 fully saturated rings. The van der Waals surface area contributed by atoms with E-state index in [0.29, 0.717) is 22.8 Å². The second-order valence-electron chi connectivity index (χ2n) is 7.36. The Balaban J connectivity index is 2.33. The van der Waals surface area contributed by atoms with Crippen LogP contribution in [0.1, 0.15) is 43.5 Å². The third-order valence-electron chi connectivity index (χ3n) is 4.78. The van der Waals surface area contributed by atoms with Gasteiger partial charge >= 0.3 is 0 Å². The highest BCUT2D eigenvalue weighted by Crippen LogP contribution is 2.23. The molecule has 142 valence electrons. The van der Waals surface area contributed by atoms with Gasteiger partial charge in [0.15, 0.2) is 5.65 Å². The number of anilines is 1. The highest BCUT2D eigenvalue weighted by atomic mass is 16.1. The minimum atomic E-state index is -0.0720. The smallest absolute Gasteiger partial charge is 0.276 e. The van der Waals surface area contributed by atoms with Crippen LogP contribution in [0.3, 0.4) is 0 Å². The van der Waals surface area contributed by atoms with Crippen LogP contribution in [-0.2, 0) is 6.42 Å². The molecular formula is C21H27N5O. The summed E-state index contributed by atoms with van der Waals surface area (Å²) in [6.45, 7) is 12.2. The molecule has 6 heteroatoms. The molecule has 0 aliphatic rings. The van der Waals surface area contributed by atoms with Gasteiger partial charge in [0.2, 0.25) is 0 Å². The van der Waals surface area contributed by atoms with Crippen LogP contribution in [0.2, 0.25) is 0 Å². The Bertz CT molecular complexity index is 1170. The van der Waals surface area contributed by atoms with Crippen LogP contribution in [0.5, 0.6) is 0 Å². The van der Waals surface area contributed by atoms with Gasteiger partial charge in [-0.1, -0.05) is 27.4 Å². The number of aromatic nitrogens is 3. The van der Waals surface area contributed by atoms with E-state index in [9.17, 15) is 4.79 Å². The number of fused-ring (bicyclic) bond motifs is 1. The third-order valence-corrected chi connectivity index (χ3v) is 4.78. The van der Waals surface area contributed by atoms with Crippen LogP contribution in [-0.4, -0.2) is 28.7 Å². The molecular weight excluding hydrogens is 338 g/mol. The summed E-state index contributed by atoms with van der Waals surface area (Å²) in [5.74, 6) is 0.162. The Morgan fingerprint density at radius 1 is 1.33 bits per heavy atom. The summed E-state index contributed by atoms with van der Waals surface area (Å²) < 4.78 is 1.47. The Morgan fingerprint density at radius 2 is 2.04 bits per heavy atom. The van der Waals surface area contributed by atoms with Crippen LogP contribution in [0.25, 0.3) is 12.2 Å². The number of hydrogen-bond donors (Lipinski definition) is 1. The topological polar surface area (TPSA) is 65.8 Å². The zero-order valence-corrected chi connectivity index (χ0v) is 16.9. The average Bonchev–Trinajstić information content (AvgIpc) is 2.92. The molecule has 0 amide bonds. The minimum absolute atomic E-state index is 0.0720. The summed E-state index contributed by atoms with van der Waals surface area (Å²) in [5.41, 5.74) is 5.03. The first kappa shape index (κ1) is 18.9. The second kappa shape index (κ2) is 7.02. The normalized spacial score (nSPS) is 12.3. The van der Waals surface area contributed by atoms with Gasteiger partial charge in [0.05, 0.1) is 16.7 Å². The minimum Gasteiger partial charge on any atom is -0.378 e. The number of benzene rings is 1. The van der Waals surface area contributed by atoms with Crippen LogP contribution in [0.15, 0.2) is 28.0 Å². The molecule has 2 aromatic heterocycles. The van der Waals surface area contributed by atoms with Crippen molar-refractivity contribution in [2.24, 2.45) is 4.99 Å². The molecule has 0 aliphatic carbocycles. The monoisotopic (exact) mass is 365 g/mol. The van der Waals surface area contributed by atoms with E-state index < -0.39 is 0 Å². The standard InChI is InChI=1S/C21H27N5O/c1-8-16-18(12(2)3)23-20-19(14(5)24-26(20)21(16)27)22-17-10-9-15(25(6)7)11-13(17)4/h9-12,24H,5,8H2,1-4,6-7H3. The molecule has 3 rings (SSSR count). The maximum atomic E-state index is 12.9. The molecule has 2 heterocycles. The van der Waals surface area contributed by atoms with Crippen molar-refractivity contribution in [3.05, 3.63) is 56.1 Å². The van der Waals surface area contributed by atoms with Crippen LogP contribution in [0, 0.1) is 6.92 Å². The maximum absolute atomic E-state index is 12.9. The number of aryl methyl sites for hydroxylation is 1. The fourth-order valence-corrected chi connectivity index (χ4v) is 3.25. The molecule has 0 unspecified atom stereocenters. The maximum Gasteiger partial charge on any atom is 0.276 e. The van der Waals surface area contributed by atoms with E-state index in [1.807, 2.05) is 40.1 Å². The van der Waals surface area contributed by atoms with Gasteiger partial charge in [-0.05, 0) is 43.0 Å². The Labute approximate surface area is 158 Å². The molecule has 27 heavy (non-hydrogen) atoms. The van der Waals surface area contributed by atoms with Gasteiger partial charge in [0, 0.05) is 25.3 Å². The van der Waals surface area contributed by atoms with Crippen molar-refractivity contribution in [2.45, 2.75) is 40.0 Å². The van der Waals surface area contributed by atoms with Crippen molar-refractivity contribution >= 4 is 23.6 Å². The van der Waals surface area contributed by atoms with Crippen molar-refractivity contribution < 1.29 is 0 Å². The lowest BCUT2D eigenvalue weighted by Crippen LogP contribution is -2.24. The molecule has 0 bridgehead atoms. The van der Waals surface area contributed by atoms with Gasteiger partial charge in [0.25, 0.3) is 5.56 Å². The fraction of sp³-hybridized carbons (Fsp3) is 0.381. The van der Waals surface area contributed by atoms with E-state index in [0.717, 1.165) is 28.2 Å². The zero-order chi connectivity index (χ0) is 19.9. The van der Waals surface area contributed by atoms with Gasteiger partial charge in [0.1, 0.15) is 5.36 Å². The predicted octanol–water partition coefficient (Wildman–Crippen LogP) is 2.44. The lowest BCUT2D eigenvalue weighted by molar-refractivity contribution is 0.763. The van der Waals surface area contributed by atoms with Gasteiger partial charge < -0.3 is 4.90 Å². The summed E-state index contributed by atoms with van der Waals surface area (Å²) >= 11 is 0. The zero-order valence-electron chi connectivity index (χ0n) is 16.9. The highest BCUT2D eigenvalue weighted by molar-refractivity contribution is 5.57. The van der Waals surface area contributed by atoms with Crippen molar-refractivity contribution in [1.29, 1.82) is 0 Å². The first-order valence-corrected chi connectivity index (χ1v) is 9.23. The van der Waals surface area contributed by atoms with Crippen molar-refractivity contribution in [1.82, 2.24) is 14.6 Å². The molecule has 3 aromatic rings. The quantitative estimate of drug-likeness (QED) is 0.772. The number of hydrogen-bond acceptors (Lipinski definition) is 4. The SMILES string of the molecule is C=c1[nH]n2c(=O)c(CC)c(C(C)C)nc2c1=Nc1ccc(N(C)C)cc1C. The lowest BCUT2D eigenvalue weighted by atomic mass is 10.0. The third kappa shape index (κ3) is 3.27. The van der Waals surface area contributed by atoms with E-state index in [4.69, 9.17) is 9.98 Å². The molecule has 0 aliphatic heterocycles. The fourth-order valence-electron chi connectivity index (χ4n) is 3.25. The molecule has 0 atom stereocenters. The van der Waals surface area contributed by atoms with E-state index in [2.05, 4.69) is 36.5 Å². The van der Waals surface area contributed by atoms with Crippen LogP contribution < -0.4 is 21.2 Å². The van der Waals surface area contributed by atoms with E-state index in [-0.39, 0.29) is 11.5 Å². The van der Waals surface area contributed by atoms with Crippen molar-refractivity contribution in [3.8, 4) is 0 Å². The van der Waals surface area contributed by atoms with E-state index >= 15 is 0 Å². The number of aromatic amines is 1. The largest absolute Gasteiger partial charge is 0.378 e. The van der Waals surface area contributed by atoms with E-state index in [1.165, 1.54) is 4.52 Å². The average molecular weight is 365 g/mol. The molecule has 0 saturated heterocycles. The molecule has 1 N–H and O–H groups in total. The first-order valence-electron chi connectivity index (χ1n) is 9.23. The summed E-state index contributed by atoms with van der Waals surface area (Å²) in [6.07, 6.45) is 0.644. The Kier molecular flexibility index (Phi) is 4.91. The summed E-state index contributed by atoms with van der Waals surface area (Å²) in [5, 5.41) is 4.22. The van der Waals surface area contributed by atoms with Crippen molar-refractivity contribution in [2.75, 3.05) is 19.0 Å². The number of nitrogens with zero attached hydrogens (tertiary/aromatic N) is 4. The van der Waals surface area contributed by atoms with Crippen LogP contribution >= 0.6 is 0 Å². The molecule has 6 nitrogen and oxygen atoms in total. The summed E-state index contributed by atoms with van der Waals surface area (Å²) in [4.78, 5) is 24.5.